The number of hydrogen-bond donors (Lipinski definition) is 2. The van der Waals surface area contributed by atoms with Crippen LogP contribution < -0.4 is 0 Å². The third kappa shape index (κ3) is 6.03. The lowest BCUT2D eigenvalue weighted by molar-refractivity contribution is -0.177. The molecule has 1 saturated heterocycles. The molecule has 2 N–H and O–H groups in total. The summed E-state index contributed by atoms with van der Waals surface area (Å²) in [5.41, 5.74) is 3.27. The Morgan fingerprint density at radius 2 is 1.25 bits per heavy atom. The Labute approximate surface area is 189 Å². The van der Waals surface area contributed by atoms with Crippen LogP contribution in [0, 0.1) is 0 Å². The first kappa shape index (κ1) is 22.6. The number of hydrogen-bond acceptors (Lipinski definition) is 5. The maximum atomic E-state index is 10.8. The molecule has 1 aliphatic heterocycles. The van der Waals surface area contributed by atoms with Crippen molar-refractivity contribution in [1.29, 1.82) is 0 Å². The van der Waals surface area contributed by atoms with Crippen LogP contribution in [-0.4, -0.2) is 52.6 Å². The Balaban J connectivity index is 1.50. The molecule has 5 heteroatoms. The summed E-state index contributed by atoms with van der Waals surface area (Å²) in [5, 5.41) is 21.4. The molecule has 0 bridgehead atoms. The molecular formula is C27H31NO4. The number of piperidine rings is 1. The molecule has 0 radical (unpaired) electrons. The Hall–Kier alpha value is -2.54. The van der Waals surface area contributed by atoms with Crippen LogP contribution in [0.5, 0.6) is 0 Å². The highest BCUT2D eigenvalue weighted by molar-refractivity contribution is 5.16. The number of benzene rings is 3. The standard InChI is InChI=1S/C27H31NO4/c29-25-17-28(16-21-10-4-1-5-11-21)24(20-31-18-22-12-6-2-7-13-22)27(26(25)30)32-19-23-14-8-3-9-15-23/h1-15,24-27,29-30H,16-20H2. The molecule has 4 unspecified atom stereocenters. The second-order valence-corrected chi connectivity index (χ2v) is 8.30. The quantitative estimate of drug-likeness (QED) is 0.542. The van der Waals surface area contributed by atoms with Gasteiger partial charge in [0.1, 0.15) is 12.2 Å². The van der Waals surface area contributed by atoms with Gasteiger partial charge in [0, 0.05) is 13.1 Å². The Bertz CT molecular complexity index is 922. The number of aliphatic hydroxyl groups excluding tert-OH is 2. The largest absolute Gasteiger partial charge is 0.389 e. The minimum Gasteiger partial charge on any atom is -0.389 e. The zero-order valence-electron chi connectivity index (χ0n) is 18.2. The van der Waals surface area contributed by atoms with Crippen LogP contribution in [0.2, 0.25) is 0 Å². The smallest absolute Gasteiger partial charge is 0.109 e. The summed E-state index contributed by atoms with van der Waals surface area (Å²) in [5.74, 6) is 0. The van der Waals surface area contributed by atoms with Gasteiger partial charge in [0.15, 0.2) is 0 Å². The minimum absolute atomic E-state index is 0.193. The van der Waals surface area contributed by atoms with E-state index in [1.807, 2.05) is 78.9 Å². The molecule has 4 atom stereocenters. The molecule has 3 aromatic carbocycles. The highest BCUT2D eigenvalue weighted by Gasteiger charge is 2.43. The van der Waals surface area contributed by atoms with Gasteiger partial charge in [0.25, 0.3) is 0 Å². The van der Waals surface area contributed by atoms with Crippen LogP contribution in [0.4, 0.5) is 0 Å². The fourth-order valence-corrected chi connectivity index (χ4v) is 4.19. The molecule has 0 aliphatic carbocycles. The summed E-state index contributed by atoms with van der Waals surface area (Å²) in [6.07, 6.45) is -2.43. The van der Waals surface area contributed by atoms with E-state index in [-0.39, 0.29) is 6.04 Å². The zero-order chi connectivity index (χ0) is 22.2. The van der Waals surface area contributed by atoms with Crippen molar-refractivity contribution >= 4 is 0 Å². The number of nitrogens with zero attached hydrogens (tertiary/aromatic N) is 1. The molecule has 32 heavy (non-hydrogen) atoms. The molecular weight excluding hydrogens is 402 g/mol. The topological polar surface area (TPSA) is 62.2 Å². The summed E-state index contributed by atoms with van der Waals surface area (Å²) < 4.78 is 12.3. The van der Waals surface area contributed by atoms with Gasteiger partial charge in [-0.3, -0.25) is 4.90 Å². The summed E-state index contributed by atoms with van der Waals surface area (Å²) in [4.78, 5) is 2.16. The van der Waals surface area contributed by atoms with Crippen LogP contribution in [-0.2, 0) is 29.2 Å². The highest BCUT2D eigenvalue weighted by atomic mass is 16.5. The van der Waals surface area contributed by atoms with Crippen molar-refractivity contribution in [1.82, 2.24) is 4.90 Å². The van der Waals surface area contributed by atoms with Gasteiger partial charge in [-0.15, -0.1) is 0 Å². The molecule has 3 aromatic rings. The molecule has 4 rings (SSSR count). The van der Waals surface area contributed by atoms with Crippen molar-refractivity contribution in [2.75, 3.05) is 13.2 Å². The van der Waals surface area contributed by atoms with Crippen LogP contribution in [0.15, 0.2) is 91.0 Å². The Morgan fingerprint density at radius 1 is 0.719 bits per heavy atom. The first-order valence-corrected chi connectivity index (χ1v) is 11.1. The van der Waals surface area contributed by atoms with Crippen molar-refractivity contribution in [2.24, 2.45) is 0 Å². The third-order valence-electron chi connectivity index (χ3n) is 5.91. The average molecular weight is 434 g/mol. The van der Waals surface area contributed by atoms with Gasteiger partial charge in [0.2, 0.25) is 0 Å². The van der Waals surface area contributed by atoms with E-state index in [0.717, 1.165) is 16.7 Å². The van der Waals surface area contributed by atoms with Gasteiger partial charge in [-0.2, -0.15) is 0 Å². The van der Waals surface area contributed by atoms with E-state index in [4.69, 9.17) is 9.47 Å². The van der Waals surface area contributed by atoms with Gasteiger partial charge in [0.05, 0.1) is 32.0 Å². The van der Waals surface area contributed by atoms with Gasteiger partial charge in [-0.05, 0) is 16.7 Å². The van der Waals surface area contributed by atoms with E-state index in [2.05, 4.69) is 17.0 Å². The molecule has 1 aliphatic rings. The van der Waals surface area contributed by atoms with E-state index in [1.54, 1.807) is 0 Å². The molecule has 0 aromatic heterocycles. The zero-order valence-corrected chi connectivity index (χ0v) is 18.2. The van der Waals surface area contributed by atoms with Crippen molar-refractivity contribution in [3.8, 4) is 0 Å². The molecule has 1 fully saturated rings. The van der Waals surface area contributed by atoms with Gasteiger partial charge in [-0.25, -0.2) is 0 Å². The maximum absolute atomic E-state index is 10.8. The van der Waals surface area contributed by atoms with Gasteiger partial charge < -0.3 is 19.7 Å². The van der Waals surface area contributed by atoms with E-state index >= 15 is 0 Å². The number of β-amino-alcohol motifs (C(OH)–C–C–N with tert-alkyl or cyclic N) is 1. The summed E-state index contributed by atoms with van der Waals surface area (Å²) in [6, 6.07) is 29.9. The number of ether oxygens (including phenoxy) is 2. The monoisotopic (exact) mass is 433 g/mol. The van der Waals surface area contributed by atoms with E-state index < -0.39 is 18.3 Å². The lowest BCUT2D eigenvalue weighted by atomic mass is 9.93. The molecule has 0 amide bonds. The van der Waals surface area contributed by atoms with Gasteiger partial charge >= 0.3 is 0 Å². The molecule has 168 valence electrons. The van der Waals surface area contributed by atoms with Crippen molar-refractivity contribution < 1.29 is 19.7 Å². The summed E-state index contributed by atoms with van der Waals surface area (Å²) >= 11 is 0. The number of likely N-dealkylation sites (tertiary alicyclic amines) is 1. The number of aliphatic hydroxyl groups is 2. The fourth-order valence-electron chi connectivity index (χ4n) is 4.19. The highest BCUT2D eigenvalue weighted by Crippen LogP contribution is 2.25. The third-order valence-corrected chi connectivity index (χ3v) is 5.91. The average Bonchev–Trinajstić information content (AvgIpc) is 2.83. The predicted octanol–water partition coefficient (Wildman–Crippen LogP) is 3.39. The lowest BCUT2D eigenvalue weighted by Gasteiger charge is -2.45. The Morgan fingerprint density at radius 3 is 1.84 bits per heavy atom. The van der Waals surface area contributed by atoms with E-state index in [9.17, 15) is 10.2 Å². The summed E-state index contributed by atoms with van der Waals surface area (Å²) in [7, 11) is 0. The lowest BCUT2D eigenvalue weighted by Crippen LogP contribution is -2.63. The summed E-state index contributed by atoms with van der Waals surface area (Å²) in [6.45, 7) is 2.25. The van der Waals surface area contributed by atoms with Crippen LogP contribution in [0.3, 0.4) is 0 Å². The first-order chi connectivity index (χ1) is 15.7. The Kier molecular flexibility index (Phi) is 8.04. The van der Waals surface area contributed by atoms with E-state index in [0.29, 0.717) is 32.9 Å². The van der Waals surface area contributed by atoms with Crippen molar-refractivity contribution in [2.45, 2.75) is 44.1 Å². The molecule has 1 heterocycles. The van der Waals surface area contributed by atoms with Crippen LogP contribution in [0.25, 0.3) is 0 Å². The van der Waals surface area contributed by atoms with E-state index in [1.165, 1.54) is 0 Å². The number of rotatable bonds is 9. The minimum atomic E-state index is -0.976. The first-order valence-electron chi connectivity index (χ1n) is 11.1. The maximum Gasteiger partial charge on any atom is 0.109 e. The predicted molar refractivity (Wildman–Crippen MR) is 124 cm³/mol. The SMILES string of the molecule is OC1CN(Cc2ccccc2)C(COCc2ccccc2)C(OCc2ccccc2)C1O. The second kappa shape index (κ2) is 11.4. The van der Waals surface area contributed by atoms with Gasteiger partial charge in [-0.1, -0.05) is 91.0 Å². The van der Waals surface area contributed by atoms with Crippen LogP contribution in [0.1, 0.15) is 16.7 Å². The van der Waals surface area contributed by atoms with Crippen molar-refractivity contribution in [3.63, 3.8) is 0 Å². The second-order valence-electron chi connectivity index (χ2n) is 8.30. The fraction of sp³-hybridized carbons (Fsp3) is 0.333. The molecule has 5 nitrogen and oxygen atoms in total. The van der Waals surface area contributed by atoms with Crippen molar-refractivity contribution in [3.05, 3.63) is 108 Å². The normalized spacial score (nSPS) is 23.8. The molecule has 0 saturated carbocycles. The molecule has 0 spiro atoms. The van der Waals surface area contributed by atoms with Crippen LogP contribution >= 0.6 is 0 Å².